The molecule has 1 aromatic carbocycles. The lowest BCUT2D eigenvalue weighted by molar-refractivity contribution is -0.348. The maximum atomic E-state index is 14.0. The molecule has 11 heteroatoms. The van der Waals surface area contributed by atoms with Crippen LogP contribution in [0.4, 0.5) is 35.5 Å². The number of benzene rings is 1. The topological polar surface area (TPSA) is 58.4 Å². The molecule has 0 saturated carbocycles. The Morgan fingerprint density at radius 3 is 2.00 bits per heavy atom. The number of carbonyl (C=O) groups is 1. The fourth-order valence-electron chi connectivity index (χ4n) is 2.69. The lowest BCUT2D eigenvalue weighted by atomic mass is 9.92. The number of piperazine rings is 1. The standard InChI is InChI=1S/C14H14F7N3O/c15-12(13(16,17)18,14(19,20)21)9-3-1-8(2-4-9)10-7-23-5-6-24(10)11(22)25/h1-4,10,23H,5-7H2,(H2,22,25). The molecule has 0 aliphatic carbocycles. The average molecular weight is 373 g/mol. The monoisotopic (exact) mass is 373 g/mol. The number of amides is 2. The van der Waals surface area contributed by atoms with Gasteiger partial charge in [-0.2, -0.15) is 26.3 Å². The predicted molar refractivity (Wildman–Crippen MR) is 73.2 cm³/mol. The van der Waals surface area contributed by atoms with Crippen molar-refractivity contribution in [2.24, 2.45) is 5.73 Å². The van der Waals surface area contributed by atoms with E-state index in [-0.39, 0.29) is 18.7 Å². The molecule has 3 N–H and O–H groups in total. The highest BCUT2D eigenvalue weighted by molar-refractivity contribution is 5.72. The Labute approximate surface area is 137 Å². The Kier molecular flexibility index (Phi) is 4.90. The molecule has 1 aliphatic heterocycles. The Morgan fingerprint density at radius 2 is 1.56 bits per heavy atom. The molecule has 1 aliphatic rings. The summed E-state index contributed by atoms with van der Waals surface area (Å²) in [4.78, 5) is 12.6. The van der Waals surface area contributed by atoms with Crippen molar-refractivity contribution < 1.29 is 35.5 Å². The number of nitrogens with two attached hydrogens (primary N) is 1. The van der Waals surface area contributed by atoms with Crippen LogP contribution in [0.2, 0.25) is 0 Å². The lowest BCUT2D eigenvalue weighted by Gasteiger charge is -2.35. The normalized spacial score (nSPS) is 19.8. The molecule has 0 aromatic heterocycles. The van der Waals surface area contributed by atoms with Gasteiger partial charge in [0.05, 0.1) is 6.04 Å². The molecular weight excluding hydrogens is 359 g/mol. The lowest BCUT2D eigenvalue weighted by Crippen LogP contribution is -2.51. The van der Waals surface area contributed by atoms with Gasteiger partial charge in [0.1, 0.15) is 0 Å². The highest BCUT2D eigenvalue weighted by atomic mass is 19.4. The van der Waals surface area contributed by atoms with E-state index in [9.17, 15) is 35.5 Å². The summed E-state index contributed by atoms with van der Waals surface area (Å²) < 4.78 is 90.4. The summed E-state index contributed by atoms with van der Waals surface area (Å²) >= 11 is 0. The minimum absolute atomic E-state index is 0.210. The number of primary amides is 1. The van der Waals surface area contributed by atoms with Crippen molar-refractivity contribution in [3.05, 3.63) is 35.4 Å². The van der Waals surface area contributed by atoms with Gasteiger partial charge in [-0.05, 0) is 5.56 Å². The molecule has 2 amide bonds. The number of carbonyl (C=O) groups excluding carboxylic acids is 1. The van der Waals surface area contributed by atoms with Gasteiger partial charge < -0.3 is 16.0 Å². The van der Waals surface area contributed by atoms with Gasteiger partial charge in [-0.25, -0.2) is 9.18 Å². The Balaban J connectivity index is 2.40. The molecular formula is C14H14F7N3O. The van der Waals surface area contributed by atoms with E-state index in [0.717, 1.165) is 12.1 Å². The van der Waals surface area contributed by atoms with Gasteiger partial charge >= 0.3 is 24.1 Å². The Morgan fingerprint density at radius 1 is 1.04 bits per heavy atom. The van der Waals surface area contributed by atoms with Crippen molar-refractivity contribution in [1.82, 2.24) is 10.2 Å². The molecule has 1 atom stereocenters. The zero-order valence-electron chi connectivity index (χ0n) is 12.6. The van der Waals surface area contributed by atoms with Gasteiger partial charge in [0.15, 0.2) is 0 Å². The fourth-order valence-corrected chi connectivity index (χ4v) is 2.69. The maximum Gasteiger partial charge on any atom is 0.435 e. The number of nitrogens with one attached hydrogen (secondary N) is 1. The second-order valence-electron chi connectivity index (χ2n) is 5.53. The molecule has 1 unspecified atom stereocenters. The summed E-state index contributed by atoms with van der Waals surface area (Å²) in [6.45, 7) is 0.870. The molecule has 25 heavy (non-hydrogen) atoms. The van der Waals surface area contributed by atoms with Crippen LogP contribution in [0.15, 0.2) is 24.3 Å². The maximum absolute atomic E-state index is 14.0. The summed E-state index contributed by atoms with van der Waals surface area (Å²) in [7, 11) is 0. The third kappa shape index (κ3) is 3.37. The summed E-state index contributed by atoms with van der Waals surface area (Å²) in [5.74, 6) is 0. The van der Waals surface area contributed by atoms with E-state index in [0.29, 0.717) is 18.7 Å². The largest absolute Gasteiger partial charge is 0.435 e. The predicted octanol–water partition coefficient (Wildman–Crippen LogP) is 3.00. The van der Waals surface area contributed by atoms with E-state index in [1.807, 2.05) is 0 Å². The van der Waals surface area contributed by atoms with Crippen LogP contribution in [0.5, 0.6) is 0 Å². The van der Waals surface area contributed by atoms with E-state index in [2.05, 4.69) is 5.32 Å². The van der Waals surface area contributed by atoms with Crippen molar-refractivity contribution in [2.45, 2.75) is 24.1 Å². The number of halogens is 7. The third-order valence-corrected chi connectivity index (χ3v) is 4.00. The zero-order chi connectivity index (χ0) is 19.0. The van der Waals surface area contributed by atoms with Gasteiger partial charge in [-0.15, -0.1) is 0 Å². The first-order valence-electron chi connectivity index (χ1n) is 7.09. The first kappa shape index (κ1) is 19.3. The number of hydrogen-bond donors (Lipinski definition) is 2. The molecule has 0 bridgehead atoms. The minimum atomic E-state index is -6.17. The molecule has 1 fully saturated rings. The van der Waals surface area contributed by atoms with Crippen molar-refractivity contribution in [3.63, 3.8) is 0 Å². The second kappa shape index (κ2) is 6.36. The number of urea groups is 1. The van der Waals surface area contributed by atoms with Crippen LogP contribution in [0, 0.1) is 0 Å². The highest BCUT2D eigenvalue weighted by Crippen LogP contribution is 2.53. The van der Waals surface area contributed by atoms with Gasteiger partial charge in [0.2, 0.25) is 0 Å². The highest BCUT2D eigenvalue weighted by Gasteiger charge is 2.73. The molecule has 1 heterocycles. The van der Waals surface area contributed by atoms with Crippen molar-refractivity contribution in [1.29, 1.82) is 0 Å². The Bertz CT molecular complexity index is 613. The molecule has 4 nitrogen and oxygen atoms in total. The SMILES string of the molecule is NC(=O)N1CCNCC1c1ccc(C(F)(C(F)(F)F)C(F)(F)F)cc1. The van der Waals surface area contributed by atoms with Crippen LogP contribution in [-0.4, -0.2) is 42.9 Å². The number of rotatable bonds is 2. The van der Waals surface area contributed by atoms with Gasteiger partial charge in [0, 0.05) is 25.2 Å². The van der Waals surface area contributed by atoms with E-state index >= 15 is 0 Å². The van der Waals surface area contributed by atoms with Gasteiger partial charge in [0.25, 0.3) is 0 Å². The van der Waals surface area contributed by atoms with Crippen LogP contribution in [0.3, 0.4) is 0 Å². The summed E-state index contributed by atoms with van der Waals surface area (Å²) in [5.41, 5.74) is -1.61. The number of nitrogens with zero attached hydrogens (tertiary/aromatic N) is 1. The molecule has 0 radical (unpaired) electrons. The van der Waals surface area contributed by atoms with Crippen LogP contribution in [0.1, 0.15) is 17.2 Å². The Hall–Kier alpha value is -2.04. The van der Waals surface area contributed by atoms with Crippen molar-refractivity contribution >= 4 is 6.03 Å². The summed E-state index contributed by atoms with van der Waals surface area (Å²) in [6, 6.07) is 1.24. The average Bonchev–Trinajstić information content (AvgIpc) is 2.52. The first-order chi connectivity index (χ1) is 11.4. The van der Waals surface area contributed by atoms with E-state index < -0.39 is 35.7 Å². The van der Waals surface area contributed by atoms with Crippen LogP contribution in [-0.2, 0) is 5.67 Å². The van der Waals surface area contributed by atoms with E-state index in [4.69, 9.17) is 5.73 Å². The van der Waals surface area contributed by atoms with Crippen molar-refractivity contribution in [2.75, 3.05) is 19.6 Å². The van der Waals surface area contributed by atoms with E-state index in [1.165, 1.54) is 4.90 Å². The first-order valence-corrected chi connectivity index (χ1v) is 7.09. The number of hydrogen-bond acceptors (Lipinski definition) is 2. The molecule has 1 saturated heterocycles. The molecule has 1 aromatic rings. The summed E-state index contributed by atoms with van der Waals surface area (Å²) in [6.07, 6.45) is -12.3. The third-order valence-electron chi connectivity index (χ3n) is 4.00. The van der Waals surface area contributed by atoms with Gasteiger partial charge in [-0.3, -0.25) is 0 Å². The van der Waals surface area contributed by atoms with Crippen LogP contribution >= 0.6 is 0 Å². The van der Waals surface area contributed by atoms with E-state index in [1.54, 1.807) is 0 Å². The smallest absolute Gasteiger partial charge is 0.351 e. The molecule has 0 spiro atoms. The van der Waals surface area contributed by atoms with Gasteiger partial charge in [-0.1, -0.05) is 24.3 Å². The zero-order valence-corrected chi connectivity index (χ0v) is 12.6. The quantitative estimate of drug-likeness (QED) is 0.783. The molecule has 140 valence electrons. The second-order valence-corrected chi connectivity index (χ2v) is 5.53. The van der Waals surface area contributed by atoms with Crippen LogP contribution in [0.25, 0.3) is 0 Å². The summed E-state index contributed by atoms with van der Waals surface area (Å²) in [5, 5.41) is 2.93. The number of alkyl halides is 7. The fraction of sp³-hybridized carbons (Fsp3) is 0.500. The van der Waals surface area contributed by atoms with Crippen molar-refractivity contribution in [3.8, 4) is 0 Å². The minimum Gasteiger partial charge on any atom is -0.351 e. The van der Waals surface area contributed by atoms with Crippen LogP contribution < -0.4 is 11.1 Å². The molecule has 2 rings (SSSR count).